The second kappa shape index (κ2) is 4.86. The molecule has 4 N–H and O–H groups in total. The number of aromatic nitrogens is 1. The normalized spacial score (nSPS) is 11.2. The molecule has 0 radical (unpaired) electrons. The Hall–Kier alpha value is -2.13. The fraction of sp³-hybridized carbons (Fsp3) is 0. The first-order chi connectivity index (χ1) is 8.90. The number of para-hydroxylation sites is 1. The van der Waals surface area contributed by atoms with Gasteiger partial charge in [0.1, 0.15) is 9.77 Å². The molecule has 1 heterocycles. The third kappa shape index (κ3) is 2.83. The topological polar surface area (TPSA) is 122 Å². The standard InChI is InChI=1S/C10H9N3O4S2/c11-6-3-1-2-4-8(6)19(16,17)13-10-12-5-7(18-10)9(14)15/h1-5H,11H2,(H,12,13)(H,14,15). The fourth-order valence-corrected chi connectivity index (χ4v) is 3.35. The number of carboxylic acid groups (broad SMARTS) is 1. The Labute approximate surface area is 112 Å². The first-order valence-corrected chi connectivity index (χ1v) is 7.26. The van der Waals surface area contributed by atoms with E-state index in [1.165, 1.54) is 18.2 Å². The predicted octanol–water partition coefficient (Wildman–Crippen LogP) is 1.22. The molecule has 1 aromatic heterocycles. The van der Waals surface area contributed by atoms with E-state index in [-0.39, 0.29) is 20.6 Å². The number of rotatable bonds is 4. The zero-order valence-electron chi connectivity index (χ0n) is 9.40. The Morgan fingerprint density at radius 3 is 2.63 bits per heavy atom. The minimum absolute atomic E-state index is 0.0272. The average molecular weight is 299 g/mol. The van der Waals surface area contributed by atoms with Crippen molar-refractivity contribution < 1.29 is 18.3 Å². The number of nitrogens with two attached hydrogens (primary N) is 1. The number of hydrogen-bond acceptors (Lipinski definition) is 6. The summed E-state index contributed by atoms with van der Waals surface area (Å²) in [7, 11) is -3.88. The summed E-state index contributed by atoms with van der Waals surface area (Å²) in [4.78, 5) is 14.2. The minimum atomic E-state index is -3.88. The van der Waals surface area contributed by atoms with Crippen molar-refractivity contribution in [1.29, 1.82) is 0 Å². The van der Waals surface area contributed by atoms with Crippen LogP contribution in [0.15, 0.2) is 35.4 Å². The number of hydrogen-bond donors (Lipinski definition) is 3. The number of thiazole rings is 1. The highest BCUT2D eigenvalue weighted by Gasteiger charge is 2.19. The molecule has 0 aliphatic heterocycles. The highest BCUT2D eigenvalue weighted by Crippen LogP contribution is 2.24. The van der Waals surface area contributed by atoms with Gasteiger partial charge in [-0.25, -0.2) is 18.2 Å². The van der Waals surface area contributed by atoms with Crippen LogP contribution in [0.1, 0.15) is 9.67 Å². The fourth-order valence-electron chi connectivity index (χ4n) is 1.32. The van der Waals surface area contributed by atoms with Crippen LogP contribution in [0.2, 0.25) is 0 Å². The van der Waals surface area contributed by atoms with Gasteiger partial charge in [-0.05, 0) is 12.1 Å². The molecule has 0 spiro atoms. The van der Waals surface area contributed by atoms with E-state index in [2.05, 4.69) is 9.71 Å². The van der Waals surface area contributed by atoms with Crippen molar-refractivity contribution in [3.8, 4) is 0 Å². The summed E-state index contributed by atoms with van der Waals surface area (Å²) < 4.78 is 26.2. The minimum Gasteiger partial charge on any atom is -0.477 e. The number of nitrogens with zero attached hydrogens (tertiary/aromatic N) is 1. The van der Waals surface area contributed by atoms with Gasteiger partial charge < -0.3 is 10.8 Å². The van der Waals surface area contributed by atoms with Crippen LogP contribution in [0.25, 0.3) is 0 Å². The largest absolute Gasteiger partial charge is 0.477 e. The Morgan fingerprint density at radius 2 is 2.05 bits per heavy atom. The molecule has 0 bridgehead atoms. The molecule has 100 valence electrons. The van der Waals surface area contributed by atoms with Crippen LogP contribution < -0.4 is 10.5 Å². The summed E-state index contributed by atoms with van der Waals surface area (Å²) in [5.41, 5.74) is 5.69. The Balaban J connectivity index is 2.31. The lowest BCUT2D eigenvalue weighted by molar-refractivity contribution is 0.0702. The van der Waals surface area contributed by atoms with Crippen LogP contribution in [-0.2, 0) is 10.0 Å². The molecule has 9 heteroatoms. The molecule has 0 aliphatic rings. The molecule has 1 aromatic carbocycles. The van der Waals surface area contributed by atoms with Gasteiger partial charge in [0, 0.05) is 0 Å². The van der Waals surface area contributed by atoms with Gasteiger partial charge in [-0.3, -0.25) is 4.72 Å². The summed E-state index contributed by atoms with van der Waals surface area (Å²) in [5, 5.41) is 8.70. The number of nitrogens with one attached hydrogen (secondary N) is 1. The Bertz CT molecular complexity index is 724. The second-order valence-electron chi connectivity index (χ2n) is 3.48. The first-order valence-electron chi connectivity index (χ1n) is 4.96. The molecule has 2 aromatic rings. The third-order valence-corrected chi connectivity index (χ3v) is 4.59. The van der Waals surface area contributed by atoms with Crippen LogP contribution in [-0.4, -0.2) is 24.5 Å². The molecule has 0 aliphatic carbocycles. The zero-order chi connectivity index (χ0) is 14.0. The monoisotopic (exact) mass is 299 g/mol. The number of benzene rings is 1. The lowest BCUT2D eigenvalue weighted by atomic mass is 10.3. The number of carboxylic acids is 1. The van der Waals surface area contributed by atoms with E-state index in [1.807, 2.05) is 0 Å². The first kappa shape index (κ1) is 13.3. The third-order valence-electron chi connectivity index (χ3n) is 2.15. The molecule has 0 atom stereocenters. The van der Waals surface area contributed by atoms with E-state index in [0.717, 1.165) is 17.5 Å². The van der Waals surface area contributed by atoms with Crippen molar-refractivity contribution in [3.63, 3.8) is 0 Å². The molecule has 0 amide bonds. The van der Waals surface area contributed by atoms with Gasteiger partial charge in [0.2, 0.25) is 0 Å². The highest BCUT2D eigenvalue weighted by molar-refractivity contribution is 7.93. The van der Waals surface area contributed by atoms with Gasteiger partial charge in [-0.15, -0.1) is 0 Å². The van der Waals surface area contributed by atoms with Crippen molar-refractivity contribution in [2.75, 3.05) is 10.5 Å². The molecular formula is C10H9N3O4S2. The summed E-state index contributed by atoms with van der Waals surface area (Å²) in [6.45, 7) is 0. The Kier molecular flexibility index (Phi) is 3.40. The van der Waals surface area contributed by atoms with Gasteiger partial charge in [0.05, 0.1) is 11.9 Å². The molecule has 0 saturated carbocycles. The molecule has 0 saturated heterocycles. The van der Waals surface area contributed by atoms with Gasteiger partial charge in [0.15, 0.2) is 5.13 Å². The molecule has 19 heavy (non-hydrogen) atoms. The average Bonchev–Trinajstić information content (AvgIpc) is 2.77. The molecular weight excluding hydrogens is 290 g/mol. The van der Waals surface area contributed by atoms with Gasteiger partial charge in [-0.2, -0.15) is 0 Å². The summed E-state index contributed by atoms with van der Waals surface area (Å²) in [6.07, 6.45) is 1.08. The molecule has 0 unspecified atom stereocenters. The van der Waals surface area contributed by atoms with Gasteiger partial charge in [0.25, 0.3) is 10.0 Å². The molecule has 2 rings (SSSR count). The lowest BCUT2D eigenvalue weighted by Gasteiger charge is -2.07. The smallest absolute Gasteiger partial charge is 0.347 e. The van der Waals surface area contributed by atoms with Crippen molar-refractivity contribution in [2.24, 2.45) is 0 Å². The van der Waals surface area contributed by atoms with Gasteiger partial charge >= 0.3 is 5.97 Å². The van der Waals surface area contributed by atoms with Crippen LogP contribution in [0, 0.1) is 0 Å². The number of aromatic carboxylic acids is 1. The van der Waals surface area contributed by atoms with Crippen LogP contribution in [0.3, 0.4) is 0 Å². The number of carbonyl (C=O) groups is 1. The predicted molar refractivity (Wildman–Crippen MR) is 70.7 cm³/mol. The van der Waals surface area contributed by atoms with E-state index in [9.17, 15) is 13.2 Å². The SMILES string of the molecule is Nc1ccccc1S(=O)(=O)Nc1ncc(C(=O)O)s1. The quantitative estimate of drug-likeness (QED) is 0.730. The van der Waals surface area contributed by atoms with E-state index < -0.39 is 16.0 Å². The van der Waals surface area contributed by atoms with E-state index >= 15 is 0 Å². The number of sulfonamides is 1. The van der Waals surface area contributed by atoms with Crippen molar-refractivity contribution >= 4 is 38.1 Å². The van der Waals surface area contributed by atoms with Crippen molar-refractivity contribution in [3.05, 3.63) is 35.3 Å². The maximum atomic E-state index is 12.0. The van der Waals surface area contributed by atoms with E-state index in [1.54, 1.807) is 6.07 Å². The maximum absolute atomic E-state index is 12.0. The number of anilines is 2. The summed E-state index contributed by atoms with van der Waals surface area (Å²) in [5.74, 6) is -1.16. The lowest BCUT2D eigenvalue weighted by Crippen LogP contribution is -2.14. The van der Waals surface area contributed by atoms with Crippen molar-refractivity contribution in [1.82, 2.24) is 4.98 Å². The van der Waals surface area contributed by atoms with Crippen LogP contribution in [0.5, 0.6) is 0 Å². The van der Waals surface area contributed by atoms with Crippen LogP contribution >= 0.6 is 11.3 Å². The van der Waals surface area contributed by atoms with E-state index in [0.29, 0.717) is 0 Å². The van der Waals surface area contributed by atoms with Crippen LogP contribution in [0.4, 0.5) is 10.8 Å². The number of nitrogen functional groups attached to an aromatic ring is 1. The van der Waals surface area contributed by atoms with E-state index in [4.69, 9.17) is 10.8 Å². The second-order valence-corrected chi connectivity index (χ2v) is 6.16. The maximum Gasteiger partial charge on any atom is 0.347 e. The summed E-state index contributed by atoms with van der Waals surface area (Å²) in [6, 6.07) is 5.96. The van der Waals surface area contributed by atoms with Crippen molar-refractivity contribution in [2.45, 2.75) is 4.90 Å². The molecule has 0 fully saturated rings. The Morgan fingerprint density at radius 1 is 1.37 bits per heavy atom. The molecule has 7 nitrogen and oxygen atoms in total. The zero-order valence-corrected chi connectivity index (χ0v) is 11.0. The van der Waals surface area contributed by atoms with Gasteiger partial charge in [-0.1, -0.05) is 23.5 Å². The highest BCUT2D eigenvalue weighted by atomic mass is 32.2. The summed E-state index contributed by atoms with van der Waals surface area (Å²) >= 11 is 0.727.